The Balaban J connectivity index is 2.51. The van der Waals surface area contributed by atoms with Gasteiger partial charge in [0.1, 0.15) is 0 Å². The van der Waals surface area contributed by atoms with Crippen molar-refractivity contribution in [1.29, 1.82) is 0 Å². The van der Waals surface area contributed by atoms with Gasteiger partial charge in [-0.2, -0.15) is 0 Å². The highest BCUT2D eigenvalue weighted by molar-refractivity contribution is 4.97. The lowest BCUT2D eigenvalue weighted by atomic mass is 10.4. The highest BCUT2D eigenvalue weighted by Crippen LogP contribution is 1.99. The average Bonchev–Trinajstić information content (AvgIpc) is 2.50. The molecule has 0 aromatic carbocycles. The molecule has 0 amide bonds. The molecule has 68 valence electrons. The van der Waals surface area contributed by atoms with Crippen molar-refractivity contribution in [3.05, 3.63) is 18.2 Å². The third kappa shape index (κ3) is 2.34. The fraction of sp³-hybridized carbons (Fsp3) is 0.667. The van der Waals surface area contributed by atoms with Gasteiger partial charge in [-0.3, -0.25) is 0 Å². The van der Waals surface area contributed by atoms with Crippen LogP contribution in [0.1, 0.15) is 26.0 Å². The first-order valence-corrected chi connectivity index (χ1v) is 4.58. The second-order valence-corrected chi connectivity index (χ2v) is 2.86. The molecule has 0 unspecified atom stereocenters. The molecule has 1 aromatic heterocycles. The van der Waals surface area contributed by atoms with Gasteiger partial charge in [0.2, 0.25) is 0 Å². The first kappa shape index (κ1) is 9.26. The number of nitrogens with zero attached hydrogens (tertiary/aromatic N) is 2. The maximum Gasteiger partial charge on any atom is 0.0948 e. The lowest BCUT2D eigenvalue weighted by molar-refractivity contribution is 0.611. The number of hydrogen-bond donors (Lipinski definition) is 1. The van der Waals surface area contributed by atoms with E-state index in [1.807, 2.05) is 12.5 Å². The summed E-state index contributed by atoms with van der Waals surface area (Å²) >= 11 is 0. The van der Waals surface area contributed by atoms with Crippen LogP contribution in [-0.4, -0.2) is 16.1 Å². The van der Waals surface area contributed by atoms with E-state index in [2.05, 4.69) is 28.7 Å². The molecule has 1 aromatic rings. The summed E-state index contributed by atoms with van der Waals surface area (Å²) in [6, 6.07) is 0. The van der Waals surface area contributed by atoms with E-state index >= 15 is 0 Å². The van der Waals surface area contributed by atoms with Crippen LogP contribution in [0, 0.1) is 0 Å². The molecule has 0 aliphatic heterocycles. The molecule has 3 heteroatoms. The number of hydrogen-bond acceptors (Lipinski definition) is 2. The zero-order chi connectivity index (χ0) is 8.81. The molecule has 1 rings (SSSR count). The molecule has 0 spiro atoms. The van der Waals surface area contributed by atoms with Crippen molar-refractivity contribution in [3.63, 3.8) is 0 Å². The number of nitrogens with one attached hydrogen (secondary N) is 1. The van der Waals surface area contributed by atoms with Crippen LogP contribution in [0.2, 0.25) is 0 Å². The van der Waals surface area contributed by atoms with Crippen LogP contribution in [0.3, 0.4) is 0 Å². The smallest absolute Gasteiger partial charge is 0.0948 e. The minimum Gasteiger partial charge on any atom is -0.333 e. The summed E-state index contributed by atoms with van der Waals surface area (Å²) in [4.78, 5) is 4.12. The summed E-state index contributed by atoms with van der Waals surface area (Å²) in [5.74, 6) is 0. The number of aromatic nitrogens is 2. The Morgan fingerprint density at radius 2 is 2.33 bits per heavy atom. The largest absolute Gasteiger partial charge is 0.333 e. The highest BCUT2D eigenvalue weighted by atomic mass is 15.1. The molecule has 0 bridgehead atoms. The second kappa shape index (κ2) is 4.93. The minimum atomic E-state index is 0.927. The zero-order valence-corrected chi connectivity index (χ0v) is 7.88. The third-order valence-corrected chi connectivity index (χ3v) is 1.82. The van der Waals surface area contributed by atoms with Gasteiger partial charge in [0, 0.05) is 19.3 Å². The summed E-state index contributed by atoms with van der Waals surface area (Å²) in [5.41, 5.74) is 1.28. The van der Waals surface area contributed by atoms with Gasteiger partial charge in [0.15, 0.2) is 0 Å². The van der Waals surface area contributed by atoms with Crippen molar-refractivity contribution in [2.75, 3.05) is 6.54 Å². The number of aryl methyl sites for hydroxylation is 1. The first-order valence-electron chi connectivity index (χ1n) is 4.58. The lowest BCUT2D eigenvalue weighted by Gasteiger charge is -2.05. The second-order valence-electron chi connectivity index (χ2n) is 2.86. The standard InChI is InChI=1S/C9H17N3/c1-3-5-12-8-11-7-9(12)6-10-4-2/h7-8,10H,3-6H2,1-2H3. The predicted octanol–water partition coefficient (Wildman–Crippen LogP) is 1.40. The van der Waals surface area contributed by atoms with Crippen molar-refractivity contribution in [3.8, 4) is 0 Å². The molecular formula is C9H17N3. The van der Waals surface area contributed by atoms with Crippen LogP contribution in [0.15, 0.2) is 12.5 Å². The van der Waals surface area contributed by atoms with Crippen LogP contribution in [0.4, 0.5) is 0 Å². The summed E-state index contributed by atoms with van der Waals surface area (Å²) in [6.07, 6.45) is 4.99. The average molecular weight is 167 g/mol. The summed E-state index contributed by atoms with van der Waals surface area (Å²) < 4.78 is 2.20. The summed E-state index contributed by atoms with van der Waals surface area (Å²) in [6.45, 7) is 7.30. The Hall–Kier alpha value is -0.830. The molecule has 0 fully saturated rings. The van der Waals surface area contributed by atoms with E-state index < -0.39 is 0 Å². The SMILES string of the molecule is CCCn1cncc1CNCC. The molecule has 12 heavy (non-hydrogen) atoms. The molecule has 0 radical (unpaired) electrons. The van der Waals surface area contributed by atoms with Crippen molar-refractivity contribution >= 4 is 0 Å². The van der Waals surface area contributed by atoms with E-state index in [1.54, 1.807) is 0 Å². The Kier molecular flexibility index (Phi) is 3.80. The van der Waals surface area contributed by atoms with Crippen LogP contribution in [0.5, 0.6) is 0 Å². The molecular weight excluding hydrogens is 150 g/mol. The van der Waals surface area contributed by atoms with Crippen molar-refractivity contribution in [2.24, 2.45) is 0 Å². The van der Waals surface area contributed by atoms with Crippen molar-refractivity contribution < 1.29 is 0 Å². The van der Waals surface area contributed by atoms with Crippen molar-refractivity contribution in [2.45, 2.75) is 33.4 Å². The summed E-state index contributed by atoms with van der Waals surface area (Å²) in [5, 5.41) is 3.29. The Morgan fingerprint density at radius 3 is 3.00 bits per heavy atom. The molecule has 0 atom stereocenters. The monoisotopic (exact) mass is 167 g/mol. The minimum absolute atomic E-state index is 0.927. The van der Waals surface area contributed by atoms with Gasteiger partial charge in [-0.15, -0.1) is 0 Å². The normalized spacial score (nSPS) is 10.5. The fourth-order valence-corrected chi connectivity index (χ4v) is 1.19. The van der Waals surface area contributed by atoms with Gasteiger partial charge < -0.3 is 9.88 Å². The summed E-state index contributed by atoms with van der Waals surface area (Å²) in [7, 11) is 0. The molecule has 1 heterocycles. The van der Waals surface area contributed by atoms with Crippen LogP contribution in [-0.2, 0) is 13.1 Å². The van der Waals surface area contributed by atoms with E-state index in [4.69, 9.17) is 0 Å². The molecule has 1 N–H and O–H groups in total. The van der Waals surface area contributed by atoms with Gasteiger partial charge in [-0.25, -0.2) is 4.98 Å². The Morgan fingerprint density at radius 1 is 1.50 bits per heavy atom. The van der Waals surface area contributed by atoms with Crippen LogP contribution >= 0.6 is 0 Å². The topological polar surface area (TPSA) is 29.9 Å². The molecule has 3 nitrogen and oxygen atoms in total. The number of imidazole rings is 1. The van der Waals surface area contributed by atoms with Gasteiger partial charge in [-0.05, 0) is 13.0 Å². The molecule has 0 aliphatic rings. The molecule has 0 saturated carbocycles. The molecule has 0 saturated heterocycles. The highest BCUT2D eigenvalue weighted by Gasteiger charge is 1.98. The van der Waals surface area contributed by atoms with Gasteiger partial charge in [0.05, 0.1) is 12.0 Å². The van der Waals surface area contributed by atoms with Gasteiger partial charge >= 0.3 is 0 Å². The fourth-order valence-electron chi connectivity index (χ4n) is 1.19. The van der Waals surface area contributed by atoms with Gasteiger partial charge in [-0.1, -0.05) is 13.8 Å². The van der Waals surface area contributed by atoms with E-state index in [1.165, 1.54) is 5.69 Å². The molecule has 0 aliphatic carbocycles. The van der Waals surface area contributed by atoms with E-state index in [9.17, 15) is 0 Å². The van der Waals surface area contributed by atoms with E-state index in [0.29, 0.717) is 0 Å². The maximum absolute atomic E-state index is 4.12. The van der Waals surface area contributed by atoms with Crippen molar-refractivity contribution in [1.82, 2.24) is 14.9 Å². The van der Waals surface area contributed by atoms with Gasteiger partial charge in [0.25, 0.3) is 0 Å². The Labute approximate surface area is 73.8 Å². The van der Waals surface area contributed by atoms with E-state index in [0.717, 1.165) is 26.1 Å². The lowest BCUT2D eigenvalue weighted by Crippen LogP contribution is -2.15. The van der Waals surface area contributed by atoms with E-state index in [-0.39, 0.29) is 0 Å². The predicted molar refractivity (Wildman–Crippen MR) is 49.9 cm³/mol. The van der Waals surface area contributed by atoms with Crippen LogP contribution in [0.25, 0.3) is 0 Å². The Bertz CT molecular complexity index is 217. The van der Waals surface area contributed by atoms with Crippen LogP contribution < -0.4 is 5.32 Å². The maximum atomic E-state index is 4.12. The zero-order valence-electron chi connectivity index (χ0n) is 7.88. The quantitative estimate of drug-likeness (QED) is 0.718. The number of rotatable bonds is 5. The first-order chi connectivity index (χ1) is 5.88. The third-order valence-electron chi connectivity index (χ3n) is 1.82.